The molecule has 0 radical (unpaired) electrons. The summed E-state index contributed by atoms with van der Waals surface area (Å²) >= 11 is 0. The standard InChI is InChI=1S/C25H29N3O3/c1-4-10-20-22(24(29)30-6-3)23(17-11-9-12-18(16-17)31-15-5-2)28-21-14-8-7-13-19(21)26-25(28)27-20/h7-9,11-14,16,23H,4-6,10,15H2,1-3H3,(H,26,27)/t23-/m0/s1. The van der Waals surface area contributed by atoms with Crippen molar-refractivity contribution < 1.29 is 14.3 Å². The van der Waals surface area contributed by atoms with Crippen molar-refractivity contribution in [2.45, 2.75) is 46.1 Å². The number of allylic oxidation sites excluding steroid dienone is 1. The fourth-order valence-corrected chi connectivity index (χ4v) is 4.09. The third kappa shape index (κ3) is 4.02. The van der Waals surface area contributed by atoms with E-state index in [1.54, 1.807) is 0 Å². The van der Waals surface area contributed by atoms with Crippen LogP contribution in [0.5, 0.6) is 5.75 Å². The van der Waals surface area contributed by atoms with Crippen LogP contribution in [0.4, 0.5) is 5.95 Å². The molecule has 0 fully saturated rings. The molecule has 3 aromatic rings. The van der Waals surface area contributed by atoms with Gasteiger partial charge < -0.3 is 14.8 Å². The van der Waals surface area contributed by atoms with E-state index in [9.17, 15) is 4.79 Å². The fourth-order valence-electron chi connectivity index (χ4n) is 4.09. The number of imidazole rings is 1. The molecular formula is C25H29N3O3. The number of benzene rings is 2. The molecule has 0 saturated heterocycles. The van der Waals surface area contributed by atoms with Crippen molar-refractivity contribution in [2.75, 3.05) is 18.5 Å². The highest BCUT2D eigenvalue weighted by Crippen LogP contribution is 2.41. The van der Waals surface area contributed by atoms with Gasteiger partial charge in [-0.3, -0.25) is 4.57 Å². The molecule has 0 aliphatic carbocycles. The molecule has 2 aromatic carbocycles. The second-order valence-electron chi connectivity index (χ2n) is 7.61. The maximum Gasteiger partial charge on any atom is 0.338 e. The van der Waals surface area contributed by atoms with Crippen LogP contribution in [0, 0.1) is 0 Å². The minimum Gasteiger partial charge on any atom is -0.494 e. The molecule has 6 nitrogen and oxygen atoms in total. The number of carbonyl (C=O) groups is 1. The number of carbonyl (C=O) groups excluding carboxylic acids is 1. The smallest absolute Gasteiger partial charge is 0.338 e. The molecule has 0 saturated carbocycles. The number of hydrogen-bond donors (Lipinski definition) is 1. The lowest BCUT2D eigenvalue weighted by molar-refractivity contribution is -0.139. The summed E-state index contributed by atoms with van der Waals surface area (Å²) < 4.78 is 13.5. The van der Waals surface area contributed by atoms with Gasteiger partial charge in [0.1, 0.15) is 5.75 Å². The van der Waals surface area contributed by atoms with Crippen LogP contribution >= 0.6 is 0 Å². The highest BCUT2D eigenvalue weighted by atomic mass is 16.5. The summed E-state index contributed by atoms with van der Waals surface area (Å²) in [6, 6.07) is 15.6. The first-order chi connectivity index (χ1) is 15.2. The van der Waals surface area contributed by atoms with Gasteiger partial charge in [0.2, 0.25) is 5.95 Å². The molecule has 0 spiro atoms. The minimum absolute atomic E-state index is 0.299. The van der Waals surface area contributed by atoms with E-state index >= 15 is 0 Å². The van der Waals surface area contributed by atoms with Crippen molar-refractivity contribution in [3.05, 3.63) is 65.4 Å². The van der Waals surface area contributed by atoms with Crippen molar-refractivity contribution in [2.24, 2.45) is 0 Å². The SMILES string of the molecule is CCCOc1cccc([C@H]2C(C(=O)OCC)=C(CCC)Nc3nc4ccccc4n32)c1. The fraction of sp³-hybridized carbons (Fsp3) is 0.360. The van der Waals surface area contributed by atoms with Gasteiger partial charge in [-0.05, 0) is 49.6 Å². The van der Waals surface area contributed by atoms with E-state index < -0.39 is 0 Å². The highest BCUT2D eigenvalue weighted by molar-refractivity contribution is 5.94. The summed E-state index contributed by atoms with van der Waals surface area (Å²) in [5.41, 5.74) is 4.32. The molecule has 1 aliphatic rings. The first kappa shape index (κ1) is 21.0. The summed E-state index contributed by atoms with van der Waals surface area (Å²) in [5, 5.41) is 3.42. The summed E-state index contributed by atoms with van der Waals surface area (Å²) in [6.45, 7) is 6.99. The number of ether oxygens (including phenoxy) is 2. The van der Waals surface area contributed by atoms with Crippen LogP contribution in [0.15, 0.2) is 59.8 Å². The Bertz CT molecular complexity index is 1120. The van der Waals surface area contributed by atoms with Crippen LogP contribution in [-0.2, 0) is 9.53 Å². The second kappa shape index (κ2) is 9.25. The van der Waals surface area contributed by atoms with Gasteiger partial charge in [0.05, 0.1) is 35.9 Å². The van der Waals surface area contributed by atoms with Gasteiger partial charge in [-0.1, -0.05) is 44.5 Å². The second-order valence-corrected chi connectivity index (χ2v) is 7.61. The molecule has 1 atom stereocenters. The molecular weight excluding hydrogens is 390 g/mol. The van der Waals surface area contributed by atoms with Gasteiger partial charge >= 0.3 is 5.97 Å². The Balaban J connectivity index is 1.93. The molecule has 1 aliphatic heterocycles. The van der Waals surface area contributed by atoms with Gasteiger partial charge in [-0.2, -0.15) is 0 Å². The van der Waals surface area contributed by atoms with Crippen molar-refractivity contribution >= 4 is 23.0 Å². The van der Waals surface area contributed by atoms with E-state index in [0.29, 0.717) is 18.8 Å². The molecule has 6 heteroatoms. The maximum absolute atomic E-state index is 13.2. The summed E-state index contributed by atoms with van der Waals surface area (Å²) in [7, 11) is 0. The Kier molecular flexibility index (Phi) is 6.26. The van der Waals surface area contributed by atoms with Gasteiger partial charge in [-0.15, -0.1) is 0 Å². The van der Waals surface area contributed by atoms with Crippen LogP contribution in [0.25, 0.3) is 11.0 Å². The third-order valence-corrected chi connectivity index (χ3v) is 5.36. The zero-order valence-corrected chi connectivity index (χ0v) is 18.4. The van der Waals surface area contributed by atoms with Gasteiger partial charge in [-0.25, -0.2) is 9.78 Å². The Morgan fingerprint density at radius 1 is 1.10 bits per heavy atom. The van der Waals surface area contributed by atoms with Gasteiger partial charge in [0.15, 0.2) is 0 Å². The third-order valence-electron chi connectivity index (χ3n) is 5.36. The van der Waals surface area contributed by atoms with Crippen LogP contribution in [0.3, 0.4) is 0 Å². The monoisotopic (exact) mass is 419 g/mol. The lowest BCUT2D eigenvalue weighted by atomic mass is 9.93. The van der Waals surface area contributed by atoms with Crippen molar-refractivity contribution in [1.29, 1.82) is 0 Å². The maximum atomic E-state index is 13.2. The minimum atomic E-state index is -0.352. The van der Waals surface area contributed by atoms with E-state index in [-0.39, 0.29) is 12.0 Å². The van der Waals surface area contributed by atoms with Crippen LogP contribution in [-0.4, -0.2) is 28.7 Å². The zero-order chi connectivity index (χ0) is 21.8. The number of aromatic nitrogens is 2. The number of rotatable bonds is 8. The molecule has 1 N–H and O–H groups in total. The number of para-hydroxylation sites is 2. The lowest BCUT2D eigenvalue weighted by Gasteiger charge is -2.31. The molecule has 0 unspecified atom stereocenters. The molecule has 0 amide bonds. The summed E-state index contributed by atoms with van der Waals surface area (Å²) in [5.74, 6) is 1.23. The zero-order valence-electron chi connectivity index (χ0n) is 18.4. The number of anilines is 1. The number of esters is 1. The van der Waals surface area contributed by atoms with Crippen molar-refractivity contribution in [3.8, 4) is 5.75 Å². The number of nitrogens with one attached hydrogen (secondary N) is 1. The van der Waals surface area contributed by atoms with Crippen LogP contribution < -0.4 is 10.1 Å². The Hall–Kier alpha value is -3.28. The predicted molar refractivity (Wildman–Crippen MR) is 122 cm³/mol. The molecule has 0 bridgehead atoms. The predicted octanol–water partition coefficient (Wildman–Crippen LogP) is 5.46. The van der Waals surface area contributed by atoms with E-state index in [1.165, 1.54) is 0 Å². The quantitative estimate of drug-likeness (QED) is 0.491. The first-order valence-corrected chi connectivity index (χ1v) is 11.0. The molecule has 4 rings (SSSR count). The number of nitrogens with zero attached hydrogens (tertiary/aromatic N) is 2. The Labute approximate surface area is 182 Å². The lowest BCUT2D eigenvalue weighted by Crippen LogP contribution is -2.29. The van der Waals surface area contributed by atoms with Gasteiger partial charge in [0.25, 0.3) is 0 Å². The molecule has 2 heterocycles. The van der Waals surface area contributed by atoms with E-state index in [0.717, 1.165) is 53.3 Å². The molecule has 162 valence electrons. The van der Waals surface area contributed by atoms with Crippen molar-refractivity contribution in [3.63, 3.8) is 0 Å². The van der Waals surface area contributed by atoms with Crippen LogP contribution in [0.1, 0.15) is 51.6 Å². The topological polar surface area (TPSA) is 65.4 Å². The average Bonchev–Trinajstić information content (AvgIpc) is 3.15. The highest BCUT2D eigenvalue weighted by Gasteiger charge is 2.36. The van der Waals surface area contributed by atoms with E-state index in [2.05, 4.69) is 23.7 Å². The Morgan fingerprint density at radius 2 is 1.94 bits per heavy atom. The largest absolute Gasteiger partial charge is 0.494 e. The summed E-state index contributed by atoms with van der Waals surface area (Å²) in [4.78, 5) is 18.0. The average molecular weight is 420 g/mol. The summed E-state index contributed by atoms with van der Waals surface area (Å²) in [6.07, 6.45) is 2.57. The number of hydrogen-bond acceptors (Lipinski definition) is 5. The Morgan fingerprint density at radius 3 is 2.71 bits per heavy atom. The molecule has 1 aromatic heterocycles. The first-order valence-electron chi connectivity index (χ1n) is 11.0. The normalized spacial score (nSPS) is 15.5. The van der Waals surface area contributed by atoms with Crippen molar-refractivity contribution in [1.82, 2.24) is 9.55 Å². The van der Waals surface area contributed by atoms with E-state index in [4.69, 9.17) is 14.5 Å². The van der Waals surface area contributed by atoms with Gasteiger partial charge in [0, 0.05) is 5.70 Å². The molecule has 31 heavy (non-hydrogen) atoms. The van der Waals surface area contributed by atoms with E-state index in [1.807, 2.05) is 55.5 Å². The number of fused-ring (bicyclic) bond motifs is 3. The van der Waals surface area contributed by atoms with Crippen LogP contribution in [0.2, 0.25) is 0 Å².